The molecule has 0 bridgehead atoms. The number of fused-ring (bicyclic) bond motifs is 2. The van der Waals surface area contributed by atoms with Gasteiger partial charge in [0, 0.05) is 24.2 Å². The van der Waals surface area contributed by atoms with Crippen LogP contribution in [0.25, 0.3) is 27.5 Å². The first-order chi connectivity index (χ1) is 13.1. The molecule has 4 aromatic rings. The van der Waals surface area contributed by atoms with E-state index in [1.807, 2.05) is 53.4 Å². The summed E-state index contributed by atoms with van der Waals surface area (Å²) < 4.78 is 1.82. The molecule has 0 atom stereocenters. The number of primary amides is 1. The molecule has 0 spiro atoms. The Kier molecular flexibility index (Phi) is 3.40. The van der Waals surface area contributed by atoms with Crippen molar-refractivity contribution >= 4 is 28.0 Å². The van der Waals surface area contributed by atoms with Crippen LogP contribution in [-0.2, 0) is 0 Å². The average Bonchev–Trinajstić information content (AvgIpc) is 3.07. The highest BCUT2D eigenvalue weighted by atomic mass is 16.1. The van der Waals surface area contributed by atoms with Gasteiger partial charge in [0.2, 0.25) is 5.91 Å². The average molecular weight is 357 g/mol. The number of hydrogen-bond donors (Lipinski definition) is 1. The van der Waals surface area contributed by atoms with Crippen LogP contribution in [0.1, 0.15) is 17.3 Å². The Morgan fingerprint density at radius 1 is 1.07 bits per heavy atom. The summed E-state index contributed by atoms with van der Waals surface area (Å²) in [5, 5.41) is 6.32. The van der Waals surface area contributed by atoms with Gasteiger partial charge in [-0.05, 0) is 28.3 Å². The summed E-state index contributed by atoms with van der Waals surface area (Å²) in [6, 6.07) is 11.5. The van der Waals surface area contributed by atoms with Gasteiger partial charge in [-0.15, -0.1) is 0 Å². The molecule has 1 fully saturated rings. The fourth-order valence-corrected chi connectivity index (χ4v) is 3.89. The van der Waals surface area contributed by atoms with E-state index in [4.69, 9.17) is 5.73 Å². The van der Waals surface area contributed by atoms with Crippen molar-refractivity contribution in [3.8, 4) is 11.1 Å². The molecule has 134 valence electrons. The van der Waals surface area contributed by atoms with E-state index in [9.17, 15) is 4.79 Å². The van der Waals surface area contributed by atoms with Crippen molar-refractivity contribution in [2.45, 2.75) is 6.92 Å². The van der Waals surface area contributed by atoms with Gasteiger partial charge in [0.05, 0.1) is 24.3 Å². The van der Waals surface area contributed by atoms with Crippen molar-refractivity contribution in [1.29, 1.82) is 0 Å². The maximum atomic E-state index is 11.8. The van der Waals surface area contributed by atoms with Crippen LogP contribution >= 0.6 is 0 Å². The third-order valence-corrected chi connectivity index (χ3v) is 5.25. The molecule has 2 aromatic carbocycles. The number of carbonyl (C=O) groups excluding carboxylic acids is 1. The van der Waals surface area contributed by atoms with Crippen molar-refractivity contribution in [3.63, 3.8) is 0 Å². The smallest absolute Gasteiger partial charge is 0.249 e. The molecule has 0 saturated carbocycles. The first kappa shape index (κ1) is 15.8. The molecule has 0 unspecified atom stereocenters. The summed E-state index contributed by atoms with van der Waals surface area (Å²) in [5.41, 5.74) is 9.87. The van der Waals surface area contributed by atoms with Gasteiger partial charge in [0.1, 0.15) is 0 Å². The number of aromatic nitrogens is 3. The van der Waals surface area contributed by atoms with Crippen molar-refractivity contribution in [2.24, 2.45) is 11.7 Å². The second kappa shape index (κ2) is 5.81. The topological polar surface area (TPSA) is 76.5 Å². The summed E-state index contributed by atoms with van der Waals surface area (Å²) in [7, 11) is 0. The van der Waals surface area contributed by atoms with E-state index in [1.165, 1.54) is 0 Å². The number of carbonyl (C=O) groups is 1. The lowest BCUT2D eigenvalue weighted by molar-refractivity contribution is 0.100. The van der Waals surface area contributed by atoms with Gasteiger partial charge in [-0.1, -0.05) is 37.3 Å². The van der Waals surface area contributed by atoms with E-state index in [0.717, 1.165) is 52.2 Å². The van der Waals surface area contributed by atoms with Crippen LogP contribution in [0.2, 0.25) is 0 Å². The predicted molar refractivity (Wildman–Crippen MR) is 106 cm³/mol. The lowest BCUT2D eigenvalue weighted by atomic mass is 9.96. The molecular formula is C21H19N5O. The van der Waals surface area contributed by atoms with Gasteiger partial charge in [0.25, 0.3) is 0 Å². The number of nitrogens with two attached hydrogens (primary N) is 1. The Labute approximate surface area is 156 Å². The quantitative estimate of drug-likeness (QED) is 0.611. The standard InChI is InChI=1S/C21H19N5O/c1-13-10-25(11-13)14-8-23-21-19(9-24-26(21)12-14)17-6-2-5-16-15(17)4-3-7-18(16)20(22)27/h2-9,12-13H,10-11H2,1H3,(H2,22,27). The minimum Gasteiger partial charge on any atom is -0.368 e. The van der Waals surface area contributed by atoms with Crippen LogP contribution in [0.4, 0.5) is 5.69 Å². The zero-order valence-corrected chi connectivity index (χ0v) is 15.0. The molecular weight excluding hydrogens is 338 g/mol. The van der Waals surface area contributed by atoms with Crippen molar-refractivity contribution in [2.75, 3.05) is 18.0 Å². The van der Waals surface area contributed by atoms with Gasteiger partial charge in [0.15, 0.2) is 5.65 Å². The first-order valence-electron chi connectivity index (χ1n) is 9.02. The fraction of sp³-hybridized carbons (Fsp3) is 0.190. The monoisotopic (exact) mass is 357 g/mol. The molecule has 6 heteroatoms. The Balaban J connectivity index is 1.66. The SMILES string of the molecule is CC1CN(c2cnc3c(-c4cccc5c(C(N)=O)cccc45)cnn3c2)C1. The van der Waals surface area contributed by atoms with Crippen molar-refractivity contribution in [3.05, 3.63) is 60.6 Å². The summed E-state index contributed by atoms with van der Waals surface area (Å²) >= 11 is 0. The summed E-state index contributed by atoms with van der Waals surface area (Å²) in [4.78, 5) is 18.8. The van der Waals surface area contributed by atoms with Gasteiger partial charge >= 0.3 is 0 Å². The lowest BCUT2D eigenvalue weighted by Gasteiger charge is -2.38. The van der Waals surface area contributed by atoms with Gasteiger partial charge in [-0.2, -0.15) is 5.10 Å². The molecule has 1 aliphatic heterocycles. The number of nitrogens with zero attached hydrogens (tertiary/aromatic N) is 4. The van der Waals surface area contributed by atoms with Gasteiger partial charge in [-0.25, -0.2) is 9.50 Å². The summed E-state index contributed by atoms with van der Waals surface area (Å²) in [6.07, 6.45) is 5.76. The third-order valence-electron chi connectivity index (χ3n) is 5.25. The Morgan fingerprint density at radius 2 is 1.85 bits per heavy atom. The highest BCUT2D eigenvalue weighted by Gasteiger charge is 2.23. The lowest BCUT2D eigenvalue weighted by Crippen LogP contribution is -2.45. The van der Waals surface area contributed by atoms with Gasteiger partial charge < -0.3 is 10.6 Å². The van der Waals surface area contributed by atoms with Crippen LogP contribution < -0.4 is 10.6 Å². The second-order valence-electron chi connectivity index (χ2n) is 7.22. The zero-order valence-electron chi connectivity index (χ0n) is 15.0. The van der Waals surface area contributed by atoms with E-state index in [2.05, 4.69) is 21.9 Å². The number of rotatable bonds is 3. The van der Waals surface area contributed by atoms with Crippen LogP contribution in [0, 0.1) is 5.92 Å². The minimum atomic E-state index is -0.427. The summed E-state index contributed by atoms with van der Waals surface area (Å²) in [6.45, 7) is 4.36. The molecule has 2 N–H and O–H groups in total. The normalized spacial score (nSPS) is 14.6. The molecule has 1 aliphatic rings. The number of amides is 1. The van der Waals surface area contributed by atoms with Crippen molar-refractivity contribution < 1.29 is 4.79 Å². The summed E-state index contributed by atoms with van der Waals surface area (Å²) in [5.74, 6) is 0.299. The highest BCUT2D eigenvalue weighted by molar-refractivity contribution is 6.10. The van der Waals surface area contributed by atoms with Crippen LogP contribution in [-0.4, -0.2) is 33.6 Å². The van der Waals surface area contributed by atoms with E-state index >= 15 is 0 Å². The van der Waals surface area contributed by atoms with E-state index in [1.54, 1.807) is 6.07 Å². The molecule has 0 aliphatic carbocycles. The molecule has 3 heterocycles. The minimum absolute atomic E-state index is 0.427. The van der Waals surface area contributed by atoms with E-state index in [0.29, 0.717) is 5.56 Å². The van der Waals surface area contributed by atoms with E-state index in [-0.39, 0.29) is 0 Å². The Bertz CT molecular complexity index is 1190. The first-order valence-corrected chi connectivity index (χ1v) is 9.02. The Morgan fingerprint density at radius 3 is 2.63 bits per heavy atom. The predicted octanol–water partition coefficient (Wildman–Crippen LogP) is 3.10. The maximum Gasteiger partial charge on any atom is 0.249 e. The van der Waals surface area contributed by atoms with E-state index < -0.39 is 5.91 Å². The fourth-order valence-electron chi connectivity index (χ4n) is 3.89. The Hall–Kier alpha value is -3.41. The van der Waals surface area contributed by atoms with Gasteiger partial charge in [-0.3, -0.25) is 4.79 Å². The number of anilines is 1. The van der Waals surface area contributed by atoms with Crippen molar-refractivity contribution in [1.82, 2.24) is 14.6 Å². The molecule has 1 amide bonds. The highest BCUT2D eigenvalue weighted by Crippen LogP contribution is 2.33. The van der Waals surface area contributed by atoms with Crippen LogP contribution in [0.5, 0.6) is 0 Å². The molecule has 2 aromatic heterocycles. The molecule has 6 nitrogen and oxygen atoms in total. The van der Waals surface area contributed by atoms with Crippen LogP contribution in [0.15, 0.2) is 55.0 Å². The van der Waals surface area contributed by atoms with Crippen LogP contribution in [0.3, 0.4) is 0 Å². The molecule has 27 heavy (non-hydrogen) atoms. The number of hydrogen-bond acceptors (Lipinski definition) is 4. The second-order valence-corrected chi connectivity index (χ2v) is 7.22. The zero-order chi connectivity index (χ0) is 18.5. The molecule has 1 saturated heterocycles. The molecule has 0 radical (unpaired) electrons. The third kappa shape index (κ3) is 2.44. The number of benzene rings is 2. The molecule has 5 rings (SSSR count). The maximum absolute atomic E-state index is 11.8. The largest absolute Gasteiger partial charge is 0.368 e.